The van der Waals surface area contributed by atoms with Crippen molar-refractivity contribution in [1.29, 1.82) is 0 Å². The lowest BCUT2D eigenvalue weighted by molar-refractivity contribution is 0.0527. The summed E-state index contributed by atoms with van der Waals surface area (Å²) in [6.07, 6.45) is 0.789. The lowest BCUT2D eigenvalue weighted by atomic mass is 10.1. The Bertz CT molecular complexity index is 916. The van der Waals surface area contributed by atoms with E-state index in [1.165, 1.54) is 5.56 Å². The Labute approximate surface area is 159 Å². The second-order valence-electron chi connectivity index (χ2n) is 6.42. The van der Waals surface area contributed by atoms with Crippen LogP contribution in [0, 0.1) is 6.92 Å². The van der Waals surface area contributed by atoms with Crippen molar-refractivity contribution in [3.8, 4) is 5.75 Å². The lowest BCUT2D eigenvalue weighted by Gasteiger charge is -2.09. The van der Waals surface area contributed by atoms with Gasteiger partial charge in [-0.15, -0.1) is 0 Å². The monoisotopic (exact) mass is 366 g/mol. The molecule has 0 bridgehead atoms. The van der Waals surface area contributed by atoms with Crippen LogP contribution in [0.3, 0.4) is 0 Å². The minimum atomic E-state index is -0.300. The fraction of sp³-hybridized carbons (Fsp3) is 0.318. The van der Waals surface area contributed by atoms with Crippen molar-refractivity contribution in [3.63, 3.8) is 0 Å². The molecule has 1 heterocycles. The van der Waals surface area contributed by atoms with Gasteiger partial charge in [-0.05, 0) is 50.6 Å². The van der Waals surface area contributed by atoms with Gasteiger partial charge in [-0.25, -0.2) is 4.79 Å². The highest BCUT2D eigenvalue weighted by Crippen LogP contribution is 2.31. The van der Waals surface area contributed by atoms with Crippen LogP contribution >= 0.6 is 0 Å². The first-order valence-corrected chi connectivity index (χ1v) is 9.32. The second-order valence-corrected chi connectivity index (χ2v) is 6.42. The molecule has 2 aromatic carbocycles. The average molecular weight is 366 g/mol. The molecule has 0 aliphatic carbocycles. The number of fused-ring (bicyclic) bond motifs is 1. The van der Waals surface area contributed by atoms with Gasteiger partial charge >= 0.3 is 5.97 Å². The van der Waals surface area contributed by atoms with Gasteiger partial charge in [0.1, 0.15) is 5.75 Å². The summed E-state index contributed by atoms with van der Waals surface area (Å²) in [6, 6.07) is 16.1. The van der Waals surface area contributed by atoms with Crippen LogP contribution in [-0.4, -0.2) is 30.3 Å². The predicted molar refractivity (Wildman–Crippen MR) is 107 cm³/mol. The summed E-state index contributed by atoms with van der Waals surface area (Å²) in [5, 5.41) is 0.854. The van der Waals surface area contributed by atoms with Crippen molar-refractivity contribution in [2.45, 2.75) is 26.8 Å². The quantitative estimate of drug-likeness (QED) is 0.485. The van der Waals surface area contributed by atoms with Gasteiger partial charge in [0.05, 0.1) is 18.8 Å². The number of hydrogen-bond donors (Lipinski definition) is 1. The van der Waals surface area contributed by atoms with Gasteiger partial charge in [-0.1, -0.05) is 30.3 Å². The third-order valence-electron chi connectivity index (χ3n) is 4.58. The molecule has 0 atom stereocenters. The van der Waals surface area contributed by atoms with E-state index < -0.39 is 0 Å². The molecule has 2 N–H and O–H groups in total. The molecule has 1 aromatic heterocycles. The van der Waals surface area contributed by atoms with E-state index >= 15 is 0 Å². The van der Waals surface area contributed by atoms with E-state index in [0.29, 0.717) is 31.9 Å². The molecule has 0 amide bonds. The number of aromatic nitrogens is 1. The van der Waals surface area contributed by atoms with Crippen LogP contribution in [0.4, 0.5) is 0 Å². The largest absolute Gasteiger partial charge is 0.494 e. The molecule has 3 rings (SSSR count). The van der Waals surface area contributed by atoms with Crippen molar-refractivity contribution < 1.29 is 14.3 Å². The Balaban J connectivity index is 2.06. The van der Waals surface area contributed by atoms with E-state index in [0.717, 1.165) is 28.8 Å². The molecule has 0 radical (unpaired) electrons. The topological polar surface area (TPSA) is 66.5 Å². The third kappa shape index (κ3) is 4.14. The number of carbonyl (C=O) groups excluding carboxylic acids is 1. The average Bonchev–Trinajstić information content (AvgIpc) is 2.94. The smallest absolute Gasteiger partial charge is 0.340 e. The zero-order valence-corrected chi connectivity index (χ0v) is 15.9. The fourth-order valence-electron chi connectivity index (χ4n) is 3.26. The molecular formula is C22H26N2O3. The maximum Gasteiger partial charge on any atom is 0.340 e. The summed E-state index contributed by atoms with van der Waals surface area (Å²) < 4.78 is 13.2. The molecular weight excluding hydrogens is 340 g/mol. The first-order chi connectivity index (χ1) is 13.2. The number of carbonyl (C=O) groups is 1. The number of esters is 1. The van der Waals surface area contributed by atoms with Crippen LogP contribution in [0.15, 0.2) is 48.5 Å². The Morgan fingerprint density at radius 2 is 1.93 bits per heavy atom. The van der Waals surface area contributed by atoms with Crippen molar-refractivity contribution in [3.05, 3.63) is 65.4 Å². The van der Waals surface area contributed by atoms with Crippen molar-refractivity contribution >= 4 is 16.9 Å². The molecule has 0 saturated heterocycles. The van der Waals surface area contributed by atoms with Crippen LogP contribution < -0.4 is 10.5 Å². The highest BCUT2D eigenvalue weighted by molar-refractivity contribution is 6.06. The number of hydrogen-bond acceptors (Lipinski definition) is 4. The van der Waals surface area contributed by atoms with E-state index in [1.54, 1.807) is 0 Å². The summed E-state index contributed by atoms with van der Waals surface area (Å²) in [5.74, 6) is 0.435. The van der Waals surface area contributed by atoms with Crippen LogP contribution in [0.5, 0.6) is 5.75 Å². The van der Waals surface area contributed by atoms with Crippen LogP contribution in [0.25, 0.3) is 10.9 Å². The standard InChI is InChI=1S/C22H26N2O3/c1-3-26-22(25)21-16(2)24(15-17-8-5-4-6-9-17)20-11-10-18(14-19(20)21)27-13-7-12-23/h4-6,8-11,14H,3,7,12-13,15,23H2,1-2H3. The van der Waals surface area contributed by atoms with Crippen LogP contribution in [0.2, 0.25) is 0 Å². The van der Waals surface area contributed by atoms with Gasteiger partial charge in [0.15, 0.2) is 0 Å². The predicted octanol–water partition coefficient (Wildman–Crippen LogP) is 3.90. The first-order valence-electron chi connectivity index (χ1n) is 9.32. The van der Waals surface area contributed by atoms with Crippen molar-refractivity contribution in [1.82, 2.24) is 4.57 Å². The zero-order chi connectivity index (χ0) is 19.2. The number of nitrogens with two attached hydrogens (primary N) is 1. The van der Waals surface area contributed by atoms with Crippen molar-refractivity contribution in [2.24, 2.45) is 5.73 Å². The summed E-state index contributed by atoms with van der Waals surface area (Å²) in [7, 11) is 0. The van der Waals surface area contributed by atoms with Crippen LogP contribution in [-0.2, 0) is 11.3 Å². The second kappa shape index (κ2) is 8.73. The van der Waals surface area contributed by atoms with Gasteiger partial charge in [-0.3, -0.25) is 0 Å². The fourth-order valence-corrected chi connectivity index (χ4v) is 3.26. The maximum absolute atomic E-state index is 12.6. The summed E-state index contributed by atoms with van der Waals surface area (Å²) in [6.45, 7) is 5.96. The Hall–Kier alpha value is -2.79. The van der Waals surface area contributed by atoms with Gasteiger partial charge in [-0.2, -0.15) is 0 Å². The maximum atomic E-state index is 12.6. The molecule has 0 spiro atoms. The number of benzene rings is 2. The molecule has 0 saturated carbocycles. The lowest BCUT2D eigenvalue weighted by Crippen LogP contribution is -2.08. The van der Waals surface area contributed by atoms with E-state index in [2.05, 4.69) is 16.7 Å². The van der Waals surface area contributed by atoms with Gasteiger partial charge in [0.2, 0.25) is 0 Å². The Kier molecular flexibility index (Phi) is 6.14. The molecule has 0 aliphatic rings. The first kappa shape index (κ1) is 19.0. The molecule has 27 heavy (non-hydrogen) atoms. The van der Waals surface area contributed by atoms with Gasteiger partial charge in [0, 0.05) is 23.1 Å². The molecule has 5 nitrogen and oxygen atoms in total. The summed E-state index contributed by atoms with van der Waals surface area (Å²) in [4.78, 5) is 12.6. The van der Waals surface area contributed by atoms with Gasteiger partial charge < -0.3 is 19.8 Å². The van der Waals surface area contributed by atoms with Crippen LogP contribution in [0.1, 0.15) is 35.0 Å². The summed E-state index contributed by atoms with van der Waals surface area (Å²) in [5.41, 5.74) is 9.20. The third-order valence-corrected chi connectivity index (χ3v) is 4.58. The molecule has 0 unspecified atom stereocenters. The normalized spacial score (nSPS) is 10.9. The number of ether oxygens (including phenoxy) is 2. The minimum Gasteiger partial charge on any atom is -0.494 e. The van der Waals surface area contributed by atoms with E-state index in [9.17, 15) is 4.79 Å². The molecule has 0 aliphatic heterocycles. The highest BCUT2D eigenvalue weighted by atomic mass is 16.5. The molecule has 0 fully saturated rings. The zero-order valence-electron chi connectivity index (χ0n) is 15.9. The Morgan fingerprint density at radius 3 is 2.63 bits per heavy atom. The Morgan fingerprint density at radius 1 is 1.15 bits per heavy atom. The van der Waals surface area contributed by atoms with Gasteiger partial charge in [0.25, 0.3) is 0 Å². The SMILES string of the molecule is CCOC(=O)c1c(C)n(Cc2ccccc2)c2ccc(OCCCN)cc12. The van der Waals surface area contributed by atoms with E-state index in [1.807, 2.05) is 50.2 Å². The summed E-state index contributed by atoms with van der Waals surface area (Å²) >= 11 is 0. The molecule has 3 aromatic rings. The van der Waals surface area contributed by atoms with E-state index in [-0.39, 0.29) is 5.97 Å². The number of rotatable bonds is 8. The highest BCUT2D eigenvalue weighted by Gasteiger charge is 2.21. The number of nitrogens with zero attached hydrogens (tertiary/aromatic N) is 1. The molecule has 142 valence electrons. The van der Waals surface area contributed by atoms with Crippen molar-refractivity contribution in [2.75, 3.05) is 19.8 Å². The van der Waals surface area contributed by atoms with E-state index in [4.69, 9.17) is 15.2 Å². The molecule has 5 heteroatoms. The minimum absolute atomic E-state index is 0.300.